The van der Waals surface area contributed by atoms with Crippen LogP contribution in [0.25, 0.3) is 0 Å². The number of aromatic nitrogens is 1. The van der Waals surface area contributed by atoms with Crippen LogP contribution in [0.4, 0.5) is 19.0 Å². The highest BCUT2D eigenvalue weighted by molar-refractivity contribution is 5.81. The number of piperazine rings is 1. The number of hydrogen-bond donors (Lipinski definition) is 1. The van der Waals surface area contributed by atoms with Crippen LogP contribution in [0, 0.1) is 0 Å². The van der Waals surface area contributed by atoms with Crippen LogP contribution in [0.5, 0.6) is 5.75 Å². The molecule has 1 amide bonds. The number of nitrogens with one attached hydrogen (secondary N) is 1. The van der Waals surface area contributed by atoms with Crippen LogP contribution in [-0.2, 0) is 17.5 Å². The van der Waals surface area contributed by atoms with Crippen LogP contribution in [0.1, 0.15) is 18.1 Å². The number of amides is 1. The Morgan fingerprint density at radius 1 is 1.13 bits per heavy atom. The minimum Gasteiger partial charge on any atom is -0.497 e. The molecule has 1 aromatic heterocycles. The lowest BCUT2D eigenvalue weighted by molar-refractivity contribution is -0.137. The van der Waals surface area contributed by atoms with Crippen molar-refractivity contribution in [2.75, 3.05) is 38.2 Å². The maximum atomic E-state index is 12.7. The van der Waals surface area contributed by atoms with Crippen molar-refractivity contribution in [2.45, 2.75) is 25.7 Å². The average molecular weight is 422 g/mol. The summed E-state index contributed by atoms with van der Waals surface area (Å²) in [6.45, 7) is 4.72. The average Bonchev–Trinajstić information content (AvgIpc) is 2.77. The summed E-state index contributed by atoms with van der Waals surface area (Å²) in [5.74, 6) is 1.21. The van der Waals surface area contributed by atoms with Crippen LogP contribution in [0.2, 0.25) is 0 Å². The third-order valence-electron chi connectivity index (χ3n) is 5.27. The molecule has 1 N–H and O–H groups in total. The molecule has 3 rings (SSSR count). The first-order valence-corrected chi connectivity index (χ1v) is 9.71. The molecule has 0 aliphatic carbocycles. The number of pyridine rings is 1. The van der Waals surface area contributed by atoms with Gasteiger partial charge in [0.2, 0.25) is 5.91 Å². The van der Waals surface area contributed by atoms with Gasteiger partial charge in [0.1, 0.15) is 11.6 Å². The lowest BCUT2D eigenvalue weighted by atomic mass is 10.2. The van der Waals surface area contributed by atoms with Crippen molar-refractivity contribution < 1.29 is 22.7 Å². The van der Waals surface area contributed by atoms with Gasteiger partial charge in [0, 0.05) is 38.9 Å². The smallest absolute Gasteiger partial charge is 0.417 e. The van der Waals surface area contributed by atoms with Gasteiger partial charge in [-0.1, -0.05) is 12.1 Å². The predicted molar refractivity (Wildman–Crippen MR) is 107 cm³/mol. The van der Waals surface area contributed by atoms with Crippen molar-refractivity contribution in [1.82, 2.24) is 15.2 Å². The molecule has 9 heteroatoms. The van der Waals surface area contributed by atoms with E-state index < -0.39 is 11.7 Å². The van der Waals surface area contributed by atoms with E-state index in [1.54, 1.807) is 7.11 Å². The molecule has 30 heavy (non-hydrogen) atoms. The number of benzene rings is 1. The van der Waals surface area contributed by atoms with E-state index in [9.17, 15) is 18.0 Å². The van der Waals surface area contributed by atoms with E-state index in [1.807, 2.05) is 36.1 Å². The Kier molecular flexibility index (Phi) is 6.81. The van der Waals surface area contributed by atoms with Crippen molar-refractivity contribution in [3.8, 4) is 5.75 Å². The van der Waals surface area contributed by atoms with Gasteiger partial charge >= 0.3 is 6.18 Å². The zero-order valence-corrected chi connectivity index (χ0v) is 16.9. The Morgan fingerprint density at radius 3 is 2.33 bits per heavy atom. The summed E-state index contributed by atoms with van der Waals surface area (Å²) in [6.07, 6.45) is -3.53. The number of alkyl halides is 3. The van der Waals surface area contributed by atoms with Gasteiger partial charge in [0.25, 0.3) is 0 Å². The molecule has 1 atom stereocenters. The molecule has 1 aliphatic heterocycles. The normalized spacial score (nSPS) is 16.2. The topological polar surface area (TPSA) is 57.7 Å². The standard InChI is InChI=1S/C21H25F3N4O2/c1-15(20(29)26-13-16-3-6-18(30-2)7-4-16)27-9-11-28(12-10-27)19-8-5-17(14-25-19)21(22,23)24/h3-8,14-15H,9-13H2,1-2H3,(H,26,29)/t15-/m0/s1. The minimum atomic E-state index is -4.39. The molecule has 162 valence electrons. The highest BCUT2D eigenvalue weighted by Crippen LogP contribution is 2.29. The van der Waals surface area contributed by atoms with Crippen LogP contribution in [0.3, 0.4) is 0 Å². The van der Waals surface area contributed by atoms with E-state index in [4.69, 9.17) is 4.74 Å². The molecule has 0 radical (unpaired) electrons. The number of nitrogens with zero attached hydrogens (tertiary/aromatic N) is 3. The minimum absolute atomic E-state index is 0.0630. The highest BCUT2D eigenvalue weighted by atomic mass is 19.4. The zero-order valence-electron chi connectivity index (χ0n) is 16.9. The largest absolute Gasteiger partial charge is 0.497 e. The van der Waals surface area contributed by atoms with Gasteiger partial charge in [0.15, 0.2) is 0 Å². The van der Waals surface area contributed by atoms with Gasteiger partial charge in [-0.3, -0.25) is 9.69 Å². The van der Waals surface area contributed by atoms with Crippen molar-refractivity contribution in [3.05, 3.63) is 53.7 Å². The molecule has 6 nitrogen and oxygen atoms in total. The highest BCUT2D eigenvalue weighted by Gasteiger charge is 2.31. The third kappa shape index (κ3) is 5.41. The first kappa shape index (κ1) is 21.9. The van der Waals surface area contributed by atoms with E-state index in [0.717, 1.165) is 23.6 Å². The molecule has 0 unspecified atom stereocenters. The second-order valence-corrected chi connectivity index (χ2v) is 7.17. The van der Waals surface area contributed by atoms with E-state index in [1.165, 1.54) is 6.07 Å². The van der Waals surface area contributed by atoms with E-state index in [-0.39, 0.29) is 11.9 Å². The molecule has 2 heterocycles. The van der Waals surface area contributed by atoms with E-state index in [0.29, 0.717) is 38.5 Å². The lowest BCUT2D eigenvalue weighted by Crippen LogP contribution is -2.54. The second kappa shape index (κ2) is 9.34. The Hall–Kier alpha value is -2.81. The fourth-order valence-corrected chi connectivity index (χ4v) is 3.33. The number of carbonyl (C=O) groups excluding carboxylic acids is 1. The Bertz CT molecular complexity index is 833. The van der Waals surface area contributed by atoms with Gasteiger partial charge in [-0.2, -0.15) is 13.2 Å². The van der Waals surface area contributed by atoms with Crippen molar-refractivity contribution in [2.24, 2.45) is 0 Å². The van der Waals surface area contributed by atoms with Crippen LogP contribution >= 0.6 is 0 Å². The summed E-state index contributed by atoms with van der Waals surface area (Å²) < 4.78 is 43.2. The molecule has 0 saturated carbocycles. The first-order valence-electron chi connectivity index (χ1n) is 9.71. The molecule has 1 fully saturated rings. The predicted octanol–water partition coefficient (Wildman–Crippen LogP) is 2.94. The van der Waals surface area contributed by atoms with Crippen molar-refractivity contribution in [1.29, 1.82) is 0 Å². The number of rotatable bonds is 6. The van der Waals surface area contributed by atoms with Gasteiger partial charge in [-0.15, -0.1) is 0 Å². The van der Waals surface area contributed by atoms with Gasteiger partial charge < -0.3 is 15.0 Å². The second-order valence-electron chi connectivity index (χ2n) is 7.17. The molecule has 1 aliphatic rings. The van der Waals surface area contributed by atoms with Crippen LogP contribution < -0.4 is 15.0 Å². The summed E-state index contributed by atoms with van der Waals surface area (Å²) in [5.41, 5.74) is 0.224. The Morgan fingerprint density at radius 2 is 1.80 bits per heavy atom. The molecule has 2 aromatic rings. The van der Waals surface area contributed by atoms with Crippen molar-refractivity contribution >= 4 is 11.7 Å². The summed E-state index contributed by atoms with van der Waals surface area (Å²) in [6, 6.07) is 9.64. The number of halogens is 3. The molecular weight excluding hydrogens is 397 g/mol. The fraction of sp³-hybridized carbons (Fsp3) is 0.429. The third-order valence-corrected chi connectivity index (χ3v) is 5.27. The monoisotopic (exact) mass is 422 g/mol. The number of methoxy groups -OCH3 is 1. The Labute approximate surface area is 173 Å². The lowest BCUT2D eigenvalue weighted by Gasteiger charge is -2.38. The molecule has 1 saturated heterocycles. The molecular formula is C21H25F3N4O2. The van der Waals surface area contributed by atoms with Gasteiger partial charge in [0.05, 0.1) is 18.7 Å². The van der Waals surface area contributed by atoms with Crippen molar-refractivity contribution in [3.63, 3.8) is 0 Å². The summed E-state index contributed by atoms with van der Waals surface area (Å²) >= 11 is 0. The molecule has 0 spiro atoms. The number of ether oxygens (including phenoxy) is 1. The van der Waals surface area contributed by atoms with E-state index >= 15 is 0 Å². The maximum absolute atomic E-state index is 12.7. The number of hydrogen-bond acceptors (Lipinski definition) is 5. The first-order chi connectivity index (χ1) is 14.3. The van der Waals surface area contributed by atoms with Gasteiger partial charge in [-0.05, 0) is 36.8 Å². The SMILES string of the molecule is COc1ccc(CNC(=O)[C@H](C)N2CCN(c3ccc(C(F)(F)F)cn3)CC2)cc1. The fourth-order valence-electron chi connectivity index (χ4n) is 3.33. The number of anilines is 1. The summed E-state index contributed by atoms with van der Waals surface area (Å²) in [4.78, 5) is 20.4. The van der Waals surface area contributed by atoms with Crippen LogP contribution in [-0.4, -0.2) is 55.1 Å². The number of carbonyl (C=O) groups is 1. The molecule has 0 bridgehead atoms. The van der Waals surface area contributed by atoms with E-state index in [2.05, 4.69) is 15.2 Å². The summed E-state index contributed by atoms with van der Waals surface area (Å²) in [5, 5.41) is 2.94. The summed E-state index contributed by atoms with van der Waals surface area (Å²) in [7, 11) is 1.60. The zero-order chi connectivity index (χ0) is 21.7. The maximum Gasteiger partial charge on any atom is 0.417 e. The van der Waals surface area contributed by atoms with Crippen LogP contribution in [0.15, 0.2) is 42.6 Å². The van der Waals surface area contributed by atoms with Gasteiger partial charge in [-0.25, -0.2) is 4.98 Å². The molecule has 1 aromatic carbocycles. The Balaban J connectivity index is 1.48. The quantitative estimate of drug-likeness (QED) is 0.776.